The fraction of sp³-hybridized carbons (Fsp3) is 0.176. The number of alkyl halides is 3. The molecular formula is C17H13F3O. The molecule has 2 aromatic carbocycles. The second-order valence-corrected chi connectivity index (χ2v) is 5.08. The quantitative estimate of drug-likeness (QED) is 0.817. The number of fused-ring (bicyclic) bond motifs is 1. The molecule has 1 aliphatic rings. The van der Waals surface area contributed by atoms with E-state index in [0.29, 0.717) is 5.56 Å². The lowest BCUT2D eigenvalue weighted by Gasteiger charge is -2.26. The molecule has 0 spiro atoms. The van der Waals surface area contributed by atoms with Crippen LogP contribution in [-0.4, -0.2) is 5.11 Å². The van der Waals surface area contributed by atoms with E-state index in [0.717, 1.165) is 23.3 Å². The molecule has 1 N–H and O–H groups in total. The first-order valence-corrected chi connectivity index (χ1v) is 6.59. The summed E-state index contributed by atoms with van der Waals surface area (Å²) in [7, 11) is 0. The molecule has 0 radical (unpaired) electrons. The number of benzene rings is 2. The van der Waals surface area contributed by atoms with Crippen molar-refractivity contribution in [3.63, 3.8) is 0 Å². The zero-order chi connectivity index (χ0) is 15.0. The van der Waals surface area contributed by atoms with E-state index in [1.807, 2.05) is 36.4 Å². The predicted octanol–water partition coefficient (Wildman–Crippen LogP) is 4.55. The van der Waals surface area contributed by atoms with Crippen molar-refractivity contribution in [1.82, 2.24) is 0 Å². The summed E-state index contributed by atoms with van der Waals surface area (Å²) in [4.78, 5) is 0. The zero-order valence-corrected chi connectivity index (χ0v) is 11.0. The number of halogens is 3. The highest BCUT2D eigenvalue weighted by Crippen LogP contribution is 2.39. The van der Waals surface area contributed by atoms with Gasteiger partial charge in [0.15, 0.2) is 0 Å². The summed E-state index contributed by atoms with van der Waals surface area (Å²) in [6.45, 7) is 0. The summed E-state index contributed by atoms with van der Waals surface area (Å²) < 4.78 is 37.7. The van der Waals surface area contributed by atoms with Gasteiger partial charge >= 0.3 is 6.18 Å². The lowest BCUT2D eigenvalue weighted by Crippen LogP contribution is -2.14. The Bertz CT molecular complexity index is 671. The summed E-state index contributed by atoms with van der Waals surface area (Å²) >= 11 is 0. The number of aliphatic hydroxyl groups excluding tert-OH is 1. The lowest BCUT2D eigenvalue weighted by molar-refractivity contribution is -0.137. The molecule has 2 atom stereocenters. The Balaban J connectivity index is 1.92. The standard InChI is InChI=1S/C17H13F3O/c18-17(19,20)13-8-5-12(6-9-13)15-10-7-11-3-1-2-4-14(11)16(15)21/h1-10,15-16,21H. The minimum atomic E-state index is -4.34. The molecule has 2 unspecified atom stereocenters. The van der Waals surface area contributed by atoms with Crippen LogP contribution in [0.1, 0.15) is 34.3 Å². The van der Waals surface area contributed by atoms with E-state index in [1.54, 1.807) is 0 Å². The van der Waals surface area contributed by atoms with Crippen LogP contribution in [0.15, 0.2) is 54.6 Å². The fourth-order valence-electron chi connectivity index (χ4n) is 2.63. The van der Waals surface area contributed by atoms with Crippen molar-refractivity contribution in [3.8, 4) is 0 Å². The molecule has 21 heavy (non-hydrogen) atoms. The van der Waals surface area contributed by atoms with Crippen LogP contribution in [-0.2, 0) is 6.18 Å². The van der Waals surface area contributed by atoms with Gasteiger partial charge in [-0.3, -0.25) is 0 Å². The Morgan fingerprint density at radius 3 is 2.24 bits per heavy atom. The van der Waals surface area contributed by atoms with Crippen LogP contribution in [0.2, 0.25) is 0 Å². The van der Waals surface area contributed by atoms with Crippen LogP contribution in [0.4, 0.5) is 13.2 Å². The van der Waals surface area contributed by atoms with Crippen molar-refractivity contribution < 1.29 is 18.3 Å². The van der Waals surface area contributed by atoms with Crippen molar-refractivity contribution in [1.29, 1.82) is 0 Å². The maximum atomic E-state index is 12.6. The summed E-state index contributed by atoms with van der Waals surface area (Å²) in [6, 6.07) is 12.4. The Morgan fingerprint density at radius 2 is 1.57 bits per heavy atom. The first-order valence-electron chi connectivity index (χ1n) is 6.59. The molecule has 0 saturated heterocycles. The van der Waals surface area contributed by atoms with E-state index in [1.165, 1.54) is 12.1 Å². The van der Waals surface area contributed by atoms with Gasteiger partial charge in [0.25, 0.3) is 0 Å². The van der Waals surface area contributed by atoms with E-state index in [-0.39, 0.29) is 5.92 Å². The smallest absolute Gasteiger partial charge is 0.387 e. The van der Waals surface area contributed by atoms with Crippen LogP contribution in [0, 0.1) is 0 Å². The molecule has 2 aromatic rings. The van der Waals surface area contributed by atoms with Gasteiger partial charge in [-0.2, -0.15) is 13.2 Å². The molecule has 108 valence electrons. The minimum Gasteiger partial charge on any atom is -0.387 e. The molecule has 0 heterocycles. The van der Waals surface area contributed by atoms with Crippen molar-refractivity contribution in [3.05, 3.63) is 76.9 Å². The van der Waals surface area contributed by atoms with Gasteiger partial charge in [0.1, 0.15) is 0 Å². The molecule has 0 bridgehead atoms. The Hall–Kier alpha value is -2.07. The first kappa shape index (κ1) is 13.9. The van der Waals surface area contributed by atoms with Crippen molar-refractivity contribution in [2.75, 3.05) is 0 Å². The summed E-state index contributed by atoms with van der Waals surface area (Å²) in [6.07, 6.45) is -1.37. The van der Waals surface area contributed by atoms with Gasteiger partial charge in [-0.05, 0) is 28.8 Å². The van der Waals surface area contributed by atoms with E-state index in [4.69, 9.17) is 0 Å². The molecule has 0 amide bonds. The number of hydrogen-bond donors (Lipinski definition) is 1. The highest BCUT2D eigenvalue weighted by Gasteiger charge is 2.31. The van der Waals surface area contributed by atoms with E-state index < -0.39 is 17.8 Å². The highest BCUT2D eigenvalue weighted by atomic mass is 19.4. The molecule has 4 heteroatoms. The number of rotatable bonds is 1. The van der Waals surface area contributed by atoms with Gasteiger partial charge in [-0.1, -0.05) is 48.6 Å². The first-order chi connectivity index (χ1) is 9.97. The number of hydrogen-bond acceptors (Lipinski definition) is 1. The van der Waals surface area contributed by atoms with E-state index in [9.17, 15) is 18.3 Å². The monoisotopic (exact) mass is 290 g/mol. The van der Waals surface area contributed by atoms with Gasteiger partial charge in [-0.15, -0.1) is 0 Å². The topological polar surface area (TPSA) is 20.2 Å². The van der Waals surface area contributed by atoms with Gasteiger partial charge in [0.2, 0.25) is 0 Å². The summed E-state index contributed by atoms with van der Waals surface area (Å²) in [5.41, 5.74) is 1.72. The number of aliphatic hydroxyl groups is 1. The van der Waals surface area contributed by atoms with Crippen LogP contribution in [0.3, 0.4) is 0 Å². The maximum Gasteiger partial charge on any atom is 0.416 e. The maximum absolute atomic E-state index is 12.6. The summed E-state index contributed by atoms with van der Waals surface area (Å²) in [5.74, 6) is -0.331. The largest absolute Gasteiger partial charge is 0.416 e. The summed E-state index contributed by atoms with van der Waals surface area (Å²) in [5, 5.41) is 10.4. The van der Waals surface area contributed by atoms with Gasteiger partial charge in [0, 0.05) is 5.92 Å². The van der Waals surface area contributed by atoms with Crippen molar-refractivity contribution >= 4 is 6.08 Å². The highest BCUT2D eigenvalue weighted by molar-refractivity contribution is 5.60. The fourth-order valence-corrected chi connectivity index (χ4v) is 2.63. The zero-order valence-electron chi connectivity index (χ0n) is 11.0. The Labute approximate surface area is 120 Å². The molecule has 1 nitrogen and oxygen atoms in total. The third-order valence-electron chi connectivity index (χ3n) is 3.76. The normalized spacial score (nSPS) is 21.1. The van der Waals surface area contributed by atoms with Crippen LogP contribution in [0.5, 0.6) is 0 Å². The Kier molecular flexibility index (Phi) is 3.33. The average Bonchev–Trinajstić information content (AvgIpc) is 2.47. The average molecular weight is 290 g/mol. The molecule has 0 aliphatic heterocycles. The van der Waals surface area contributed by atoms with Gasteiger partial charge in [0.05, 0.1) is 11.7 Å². The van der Waals surface area contributed by atoms with Crippen molar-refractivity contribution in [2.45, 2.75) is 18.2 Å². The Morgan fingerprint density at radius 1 is 0.905 bits per heavy atom. The molecular weight excluding hydrogens is 277 g/mol. The second kappa shape index (κ2) is 5.04. The second-order valence-electron chi connectivity index (χ2n) is 5.08. The van der Waals surface area contributed by atoms with E-state index in [2.05, 4.69) is 0 Å². The predicted molar refractivity (Wildman–Crippen MR) is 74.6 cm³/mol. The van der Waals surface area contributed by atoms with Crippen molar-refractivity contribution in [2.24, 2.45) is 0 Å². The van der Waals surface area contributed by atoms with Gasteiger partial charge < -0.3 is 5.11 Å². The minimum absolute atomic E-state index is 0.331. The van der Waals surface area contributed by atoms with Gasteiger partial charge in [-0.25, -0.2) is 0 Å². The van der Waals surface area contributed by atoms with E-state index >= 15 is 0 Å². The third-order valence-corrected chi connectivity index (χ3v) is 3.76. The lowest BCUT2D eigenvalue weighted by atomic mass is 9.82. The van der Waals surface area contributed by atoms with Crippen LogP contribution >= 0.6 is 0 Å². The molecule has 0 fully saturated rings. The SMILES string of the molecule is OC1c2ccccc2C=CC1c1ccc(C(F)(F)F)cc1. The molecule has 1 aliphatic carbocycles. The molecule has 3 rings (SSSR count). The van der Waals surface area contributed by atoms with Crippen LogP contribution in [0.25, 0.3) is 6.08 Å². The van der Waals surface area contributed by atoms with Crippen LogP contribution < -0.4 is 0 Å². The third kappa shape index (κ3) is 2.59. The molecule has 0 aromatic heterocycles. The molecule has 0 saturated carbocycles.